The Balaban J connectivity index is 2.08. The fourth-order valence-electron chi connectivity index (χ4n) is 1.65. The van der Waals surface area contributed by atoms with Crippen LogP contribution in [0.2, 0.25) is 0 Å². The van der Waals surface area contributed by atoms with E-state index in [1.54, 1.807) is 54.5 Å². The Bertz CT molecular complexity index is 717. The lowest BCUT2D eigenvalue weighted by Gasteiger charge is -2.02. The number of amides is 1. The second kappa shape index (κ2) is 6.84. The minimum atomic E-state index is -0.664. The molecule has 0 aliphatic carbocycles. The van der Waals surface area contributed by atoms with Crippen LogP contribution in [0.4, 0.5) is 0 Å². The fourth-order valence-corrected chi connectivity index (χ4v) is 1.65. The number of carbonyl (C=O) groups is 1. The molecule has 104 valence electrons. The number of hydrazone groups is 1. The number of aromatic hydroxyl groups is 1. The van der Waals surface area contributed by atoms with E-state index in [2.05, 4.69) is 10.5 Å². The number of nitrogens with one attached hydrogen (secondary N) is 1. The van der Waals surface area contributed by atoms with Gasteiger partial charge in [-0.1, -0.05) is 42.5 Å². The Morgan fingerprint density at radius 3 is 2.43 bits per heavy atom. The Kier molecular flexibility index (Phi) is 4.64. The zero-order valence-electron chi connectivity index (χ0n) is 11.0. The summed E-state index contributed by atoms with van der Waals surface area (Å²) in [7, 11) is 0. The Labute approximate surface area is 121 Å². The van der Waals surface area contributed by atoms with Crippen LogP contribution >= 0.6 is 0 Å². The standard InChI is InChI=1S/C16H12N2O3/c19-11-14(12-6-2-1-3-7-12)16(21)18-17-10-13-8-4-5-9-15(13)20/h1-10,20H,(H,18,21). The van der Waals surface area contributed by atoms with Crippen molar-refractivity contribution in [3.63, 3.8) is 0 Å². The van der Waals surface area contributed by atoms with Crippen LogP contribution in [0.3, 0.4) is 0 Å². The van der Waals surface area contributed by atoms with E-state index in [4.69, 9.17) is 0 Å². The third-order valence-electron chi connectivity index (χ3n) is 2.70. The number of carbonyl (C=O) groups excluding carboxylic acids is 2. The van der Waals surface area contributed by atoms with Gasteiger partial charge in [0, 0.05) is 5.56 Å². The van der Waals surface area contributed by atoms with E-state index in [1.165, 1.54) is 12.3 Å². The van der Waals surface area contributed by atoms with Gasteiger partial charge in [-0.25, -0.2) is 10.2 Å². The van der Waals surface area contributed by atoms with Gasteiger partial charge in [0.25, 0.3) is 5.91 Å². The predicted octanol–water partition coefficient (Wildman–Crippen LogP) is 1.76. The van der Waals surface area contributed by atoms with Gasteiger partial charge in [0.1, 0.15) is 17.3 Å². The highest BCUT2D eigenvalue weighted by Crippen LogP contribution is 2.13. The molecule has 0 spiro atoms. The van der Waals surface area contributed by atoms with Crippen LogP contribution in [0.1, 0.15) is 11.1 Å². The molecule has 0 radical (unpaired) electrons. The van der Waals surface area contributed by atoms with E-state index >= 15 is 0 Å². The highest BCUT2D eigenvalue weighted by atomic mass is 16.3. The molecule has 0 heterocycles. The second-order valence-electron chi connectivity index (χ2n) is 4.10. The highest BCUT2D eigenvalue weighted by molar-refractivity contribution is 6.27. The van der Waals surface area contributed by atoms with Gasteiger partial charge in [-0.2, -0.15) is 5.10 Å². The number of hydrogen-bond donors (Lipinski definition) is 2. The summed E-state index contributed by atoms with van der Waals surface area (Å²) in [6.45, 7) is 0. The third kappa shape index (κ3) is 3.65. The van der Waals surface area contributed by atoms with E-state index in [0.717, 1.165) is 0 Å². The number of benzene rings is 2. The summed E-state index contributed by atoms with van der Waals surface area (Å²) in [5.41, 5.74) is 3.01. The van der Waals surface area contributed by atoms with Crippen LogP contribution in [-0.2, 0) is 9.59 Å². The van der Waals surface area contributed by atoms with Gasteiger partial charge in [-0.3, -0.25) is 4.79 Å². The highest BCUT2D eigenvalue weighted by Gasteiger charge is 2.12. The lowest BCUT2D eigenvalue weighted by molar-refractivity contribution is -0.115. The van der Waals surface area contributed by atoms with Gasteiger partial charge in [0.15, 0.2) is 0 Å². The third-order valence-corrected chi connectivity index (χ3v) is 2.70. The first-order valence-corrected chi connectivity index (χ1v) is 6.14. The molecule has 0 aliphatic rings. The Morgan fingerprint density at radius 2 is 1.76 bits per heavy atom. The maximum Gasteiger partial charge on any atom is 0.283 e. The van der Waals surface area contributed by atoms with Gasteiger partial charge < -0.3 is 5.11 Å². The summed E-state index contributed by atoms with van der Waals surface area (Å²) in [6, 6.07) is 15.0. The summed E-state index contributed by atoms with van der Waals surface area (Å²) in [5, 5.41) is 13.3. The van der Waals surface area contributed by atoms with Gasteiger partial charge in [0.05, 0.1) is 6.21 Å². The van der Waals surface area contributed by atoms with Gasteiger partial charge in [0.2, 0.25) is 0 Å². The normalized spacial score (nSPS) is 10.1. The Hall–Kier alpha value is -3.17. The molecule has 2 N–H and O–H groups in total. The van der Waals surface area contributed by atoms with Crippen LogP contribution in [0, 0.1) is 0 Å². The van der Waals surface area contributed by atoms with Gasteiger partial charge in [-0.15, -0.1) is 0 Å². The van der Waals surface area contributed by atoms with Crippen molar-refractivity contribution in [3.8, 4) is 5.75 Å². The van der Waals surface area contributed by atoms with Crippen molar-refractivity contribution in [2.75, 3.05) is 0 Å². The average Bonchev–Trinajstić information content (AvgIpc) is 2.51. The summed E-state index contributed by atoms with van der Waals surface area (Å²) < 4.78 is 0. The molecule has 0 fully saturated rings. The summed E-state index contributed by atoms with van der Waals surface area (Å²) in [6.07, 6.45) is 1.29. The molecule has 2 rings (SSSR count). The van der Waals surface area contributed by atoms with Crippen molar-refractivity contribution < 1.29 is 14.7 Å². The molecule has 0 unspecified atom stereocenters. The molecule has 0 aromatic heterocycles. The minimum absolute atomic E-state index is 0.0460. The lowest BCUT2D eigenvalue weighted by Crippen LogP contribution is -2.19. The first-order chi connectivity index (χ1) is 10.2. The number of rotatable bonds is 4. The molecule has 21 heavy (non-hydrogen) atoms. The second-order valence-corrected chi connectivity index (χ2v) is 4.10. The zero-order chi connectivity index (χ0) is 15.1. The van der Waals surface area contributed by atoms with Crippen molar-refractivity contribution in [2.24, 2.45) is 5.10 Å². The molecular formula is C16H12N2O3. The fraction of sp³-hybridized carbons (Fsp3) is 0. The molecule has 0 atom stereocenters. The first-order valence-electron chi connectivity index (χ1n) is 6.14. The molecule has 2 aromatic rings. The van der Waals surface area contributed by atoms with Gasteiger partial charge >= 0.3 is 0 Å². The smallest absolute Gasteiger partial charge is 0.283 e. The molecular weight excluding hydrogens is 268 g/mol. The average molecular weight is 280 g/mol. The SMILES string of the molecule is O=C=C(C(=O)NN=Cc1ccccc1O)c1ccccc1. The van der Waals surface area contributed by atoms with Crippen molar-refractivity contribution in [1.29, 1.82) is 0 Å². The van der Waals surface area contributed by atoms with Crippen molar-refractivity contribution >= 4 is 23.6 Å². The predicted molar refractivity (Wildman–Crippen MR) is 79.4 cm³/mol. The largest absolute Gasteiger partial charge is 0.507 e. The molecule has 5 heteroatoms. The topological polar surface area (TPSA) is 78.8 Å². The summed E-state index contributed by atoms with van der Waals surface area (Å²) in [5.74, 6) is 0.992. The lowest BCUT2D eigenvalue weighted by atomic mass is 10.1. The summed E-state index contributed by atoms with van der Waals surface area (Å²) in [4.78, 5) is 22.8. The van der Waals surface area contributed by atoms with Crippen molar-refractivity contribution in [1.82, 2.24) is 5.43 Å². The molecule has 0 saturated heterocycles. The van der Waals surface area contributed by atoms with Crippen LogP contribution in [0.5, 0.6) is 5.75 Å². The van der Waals surface area contributed by atoms with E-state index in [9.17, 15) is 14.7 Å². The zero-order valence-corrected chi connectivity index (χ0v) is 11.0. The molecule has 0 bridgehead atoms. The first kappa shape index (κ1) is 14.2. The summed E-state index contributed by atoms with van der Waals surface area (Å²) >= 11 is 0. The van der Waals surface area contributed by atoms with E-state index in [-0.39, 0.29) is 11.3 Å². The molecule has 0 aliphatic heterocycles. The number of phenolic OH excluding ortho intramolecular Hbond substituents is 1. The molecule has 5 nitrogen and oxygen atoms in total. The van der Waals surface area contributed by atoms with E-state index in [0.29, 0.717) is 11.1 Å². The quantitative estimate of drug-likeness (QED) is 0.387. The Morgan fingerprint density at radius 1 is 1.10 bits per heavy atom. The number of para-hydroxylation sites is 1. The van der Waals surface area contributed by atoms with Crippen LogP contribution < -0.4 is 5.43 Å². The van der Waals surface area contributed by atoms with Crippen LogP contribution in [-0.4, -0.2) is 23.2 Å². The van der Waals surface area contributed by atoms with Crippen LogP contribution in [0.15, 0.2) is 59.7 Å². The number of hydrogen-bond acceptors (Lipinski definition) is 4. The van der Waals surface area contributed by atoms with E-state index < -0.39 is 5.91 Å². The monoisotopic (exact) mass is 280 g/mol. The van der Waals surface area contributed by atoms with E-state index in [1.807, 2.05) is 0 Å². The molecule has 2 aromatic carbocycles. The number of nitrogens with zero attached hydrogens (tertiary/aromatic N) is 1. The van der Waals surface area contributed by atoms with Crippen molar-refractivity contribution in [3.05, 3.63) is 65.7 Å². The molecule has 1 amide bonds. The van der Waals surface area contributed by atoms with Crippen molar-refractivity contribution in [2.45, 2.75) is 0 Å². The van der Waals surface area contributed by atoms with Gasteiger partial charge in [-0.05, 0) is 17.7 Å². The van der Waals surface area contributed by atoms with Crippen LogP contribution in [0.25, 0.3) is 5.57 Å². The maximum atomic E-state index is 11.9. The number of phenols is 1. The molecule has 0 saturated carbocycles. The maximum absolute atomic E-state index is 11.9. The minimum Gasteiger partial charge on any atom is -0.507 e.